The number of ketones is 1. The number of anilines is 1. The Morgan fingerprint density at radius 1 is 1.12 bits per heavy atom. The van der Waals surface area contributed by atoms with E-state index in [1.54, 1.807) is 16.8 Å². The van der Waals surface area contributed by atoms with Crippen molar-refractivity contribution < 1.29 is 14.3 Å². The van der Waals surface area contributed by atoms with Crippen LogP contribution in [-0.4, -0.2) is 32.6 Å². The first-order valence-corrected chi connectivity index (χ1v) is 11.5. The van der Waals surface area contributed by atoms with Gasteiger partial charge in [0.05, 0.1) is 6.61 Å². The van der Waals surface area contributed by atoms with E-state index in [-0.39, 0.29) is 12.4 Å². The summed E-state index contributed by atoms with van der Waals surface area (Å²) in [6, 6.07) is 10.5. The van der Waals surface area contributed by atoms with E-state index in [9.17, 15) is 4.79 Å². The molecule has 8 nitrogen and oxygen atoms in total. The number of benzene rings is 2. The van der Waals surface area contributed by atoms with Gasteiger partial charge in [0.25, 0.3) is 0 Å². The number of hydrogen-bond acceptors (Lipinski definition) is 7. The lowest BCUT2D eigenvalue weighted by atomic mass is 9.85. The lowest BCUT2D eigenvalue weighted by molar-refractivity contribution is -0.116. The molecule has 0 spiro atoms. The Kier molecular flexibility index (Phi) is 5.95. The van der Waals surface area contributed by atoms with E-state index in [2.05, 4.69) is 20.8 Å². The molecule has 0 bridgehead atoms. The zero-order valence-electron chi connectivity index (χ0n) is 17.8. The fourth-order valence-corrected chi connectivity index (χ4v) is 4.67. The van der Waals surface area contributed by atoms with Gasteiger partial charge in [0, 0.05) is 33.3 Å². The predicted molar refractivity (Wildman–Crippen MR) is 124 cm³/mol. The molecule has 0 fully saturated rings. The van der Waals surface area contributed by atoms with Crippen LogP contribution in [0.25, 0.3) is 0 Å². The van der Waals surface area contributed by atoms with Crippen LogP contribution in [-0.2, 0) is 11.4 Å². The van der Waals surface area contributed by atoms with Crippen LogP contribution in [0.5, 0.6) is 11.5 Å². The smallest absolute Gasteiger partial charge is 0.248 e. The first-order valence-electron chi connectivity index (χ1n) is 10.7. The number of tetrazole rings is 1. The molecule has 5 rings (SSSR count). The predicted octanol–water partition coefficient (Wildman–Crippen LogP) is 4.98. The SMILES string of the molecule is CCOc1cc(C2C3=C(CCCC3=O)Nc3nnnn32)ccc1OCc1ccc(Cl)cc1Cl. The van der Waals surface area contributed by atoms with Crippen molar-refractivity contribution in [2.24, 2.45) is 0 Å². The van der Waals surface area contributed by atoms with Crippen molar-refractivity contribution in [3.63, 3.8) is 0 Å². The largest absolute Gasteiger partial charge is 0.490 e. The van der Waals surface area contributed by atoms with Gasteiger partial charge in [-0.2, -0.15) is 4.68 Å². The lowest BCUT2D eigenvalue weighted by Gasteiger charge is -2.31. The second-order valence-corrected chi connectivity index (χ2v) is 8.65. The minimum atomic E-state index is -0.432. The molecule has 1 unspecified atom stereocenters. The molecule has 1 N–H and O–H groups in total. The summed E-state index contributed by atoms with van der Waals surface area (Å²) in [7, 11) is 0. The number of Topliss-reactive ketones (excluding diaryl/α,β-unsaturated/α-hetero) is 1. The topological polar surface area (TPSA) is 91.2 Å². The maximum Gasteiger partial charge on any atom is 0.248 e. The highest BCUT2D eigenvalue weighted by Gasteiger charge is 2.37. The van der Waals surface area contributed by atoms with Gasteiger partial charge in [-0.25, -0.2) is 0 Å². The highest BCUT2D eigenvalue weighted by Crippen LogP contribution is 2.41. The van der Waals surface area contributed by atoms with Crippen molar-refractivity contribution >= 4 is 34.9 Å². The number of rotatable bonds is 6. The molecule has 0 saturated heterocycles. The maximum absolute atomic E-state index is 12.9. The molecule has 10 heteroatoms. The molecular weight excluding hydrogens is 465 g/mol. The summed E-state index contributed by atoms with van der Waals surface area (Å²) in [6.07, 6.45) is 2.10. The second kappa shape index (κ2) is 9.03. The monoisotopic (exact) mass is 485 g/mol. The normalized spacial score (nSPS) is 17.3. The summed E-state index contributed by atoms with van der Waals surface area (Å²) < 4.78 is 13.6. The number of fused-ring (bicyclic) bond motifs is 1. The Morgan fingerprint density at radius 2 is 2.00 bits per heavy atom. The number of allylic oxidation sites excluding steroid dienone is 2. The highest BCUT2D eigenvalue weighted by molar-refractivity contribution is 6.35. The third-order valence-corrected chi connectivity index (χ3v) is 6.30. The van der Waals surface area contributed by atoms with Gasteiger partial charge in [0.15, 0.2) is 17.3 Å². The van der Waals surface area contributed by atoms with E-state index < -0.39 is 6.04 Å². The first-order chi connectivity index (χ1) is 16.0. The third-order valence-electron chi connectivity index (χ3n) is 5.71. The summed E-state index contributed by atoms with van der Waals surface area (Å²) in [5.74, 6) is 1.76. The molecule has 2 aliphatic rings. The van der Waals surface area contributed by atoms with E-state index in [0.29, 0.717) is 46.1 Å². The fourth-order valence-electron chi connectivity index (χ4n) is 4.20. The number of hydrogen-bond donors (Lipinski definition) is 1. The van der Waals surface area contributed by atoms with Crippen LogP contribution in [0.4, 0.5) is 5.95 Å². The van der Waals surface area contributed by atoms with E-state index >= 15 is 0 Å². The third kappa shape index (κ3) is 4.16. The number of halogens is 2. The molecule has 3 aromatic rings. The van der Waals surface area contributed by atoms with Gasteiger partial charge in [0.2, 0.25) is 5.95 Å². The van der Waals surface area contributed by atoms with Crippen molar-refractivity contribution in [2.45, 2.75) is 38.8 Å². The first kappa shape index (κ1) is 21.7. The molecular formula is C23H21Cl2N5O3. The quantitative estimate of drug-likeness (QED) is 0.526. The second-order valence-electron chi connectivity index (χ2n) is 7.81. The van der Waals surface area contributed by atoms with Crippen LogP contribution in [0.3, 0.4) is 0 Å². The summed E-state index contributed by atoms with van der Waals surface area (Å²) >= 11 is 12.3. The molecule has 0 saturated carbocycles. The van der Waals surface area contributed by atoms with Crippen LogP contribution >= 0.6 is 23.2 Å². The number of nitrogens with zero attached hydrogens (tertiary/aromatic N) is 4. The van der Waals surface area contributed by atoms with Gasteiger partial charge in [-0.05, 0) is 60.0 Å². The molecule has 33 heavy (non-hydrogen) atoms. The maximum atomic E-state index is 12.9. The number of nitrogens with one attached hydrogen (secondary N) is 1. The van der Waals surface area contributed by atoms with Crippen LogP contribution in [0.2, 0.25) is 10.0 Å². The molecule has 170 valence electrons. The summed E-state index contributed by atoms with van der Waals surface area (Å²) in [5.41, 5.74) is 3.24. The van der Waals surface area contributed by atoms with Gasteiger partial charge in [-0.3, -0.25) is 4.79 Å². The van der Waals surface area contributed by atoms with Crippen LogP contribution in [0.1, 0.15) is 43.4 Å². The summed E-state index contributed by atoms with van der Waals surface area (Å²) in [4.78, 5) is 12.9. The highest BCUT2D eigenvalue weighted by atomic mass is 35.5. The van der Waals surface area contributed by atoms with Crippen molar-refractivity contribution in [3.05, 3.63) is 68.8 Å². The standard InChI is InChI=1S/C23H21Cl2N5O3/c1-2-32-20-10-13(7-9-19(20)33-12-14-6-8-15(24)11-16(14)25)22-21-17(4-3-5-18(21)31)26-23-27-28-29-30(22)23/h6-11,22H,2-5,12H2,1H3,(H,26,27,29). The minimum Gasteiger partial charge on any atom is -0.490 e. The summed E-state index contributed by atoms with van der Waals surface area (Å²) in [6.45, 7) is 2.62. The van der Waals surface area contributed by atoms with Gasteiger partial charge in [-0.15, -0.1) is 0 Å². The van der Waals surface area contributed by atoms with Crippen LogP contribution in [0, 0.1) is 0 Å². The average molecular weight is 486 g/mol. The molecule has 2 aromatic carbocycles. The van der Waals surface area contributed by atoms with E-state index in [1.807, 2.05) is 31.2 Å². The summed E-state index contributed by atoms with van der Waals surface area (Å²) in [5, 5.41) is 16.3. The number of carbonyl (C=O) groups excluding carboxylic acids is 1. The Labute approximate surface area is 200 Å². The Balaban J connectivity index is 1.49. The van der Waals surface area contributed by atoms with Crippen molar-refractivity contribution in [1.29, 1.82) is 0 Å². The van der Waals surface area contributed by atoms with Gasteiger partial charge < -0.3 is 14.8 Å². The molecule has 1 aromatic heterocycles. The lowest BCUT2D eigenvalue weighted by Crippen LogP contribution is -2.31. The Bertz CT molecular complexity index is 1260. The van der Waals surface area contributed by atoms with Crippen molar-refractivity contribution in [2.75, 3.05) is 11.9 Å². The van der Waals surface area contributed by atoms with E-state index in [0.717, 1.165) is 29.7 Å². The molecule has 1 atom stereocenters. The number of ether oxygens (including phenoxy) is 2. The fraction of sp³-hybridized carbons (Fsp3) is 0.304. The van der Waals surface area contributed by atoms with E-state index in [4.69, 9.17) is 32.7 Å². The van der Waals surface area contributed by atoms with Crippen molar-refractivity contribution in [3.8, 4) is 11.5 Å². The van der Waals surface area contributed by atoms with Gasteiger partial charge >= 0.3 is 0 Å². The molecule has 1 aliphatic heterocycles. The Morgan fingerprint density at radius 3 is 2.82 bits per heavy atom. The molecule has 0 radical (unpaired) electrons. The molecule has 1 aliphatic carbocycles. The van der Waals surface area contributed by atoms with E-state index in [1.165, 1.54) is 0 Å². The van der Waals surface area contributed by atoms with Crippen molar-refractivity contribution in [1.82, 2.24) is 20.2 Å². The Hall–Kier alpha value is -3.10. The minimum absolute atomic E-state index is 0.102. The van der Waals surface area contributed by atoms with Gasteiger partial charge in [0.1, 0.15) is 12.6 Å². The average Bonchev–Trinajstić information content (AvgIpc) is 3.26. The number of aromatic nitrogens is 4. The van der Waals surface area contributed by atoms with Crippen LogP contribution < -0.4 is 14.8 Å². The molecule has 2 heterocycles. The number of carbonyl (C=O) groups is 1. The zero-order chi connectivity index (χ0) is 22.9. The van der Waals surface area contributed by atoms with Crippen LogP contribution in [0.15, 0.2) is 47.7 Å². The van der Waals surface area contributed by atoms with Gasteiger partial charge in [-0.1, -0.05) is 40.4 Å². The zero-order valence-corrected chi connectivity index (χ0v) is 19.4. The molecule has 0 amide bonds.